The fourth-order valence-corrected chi connectivity index (χ4v) is 9.75. The van der Waals surface area contributed by atoms with Crippen LogP contribution in [0.5, 0.6) is 0 Å². The van der Waals surface area contributed by atoms with Crippen molar-refractivity contribution in [2.45, 2.75) is 207 Å². The number of rotatable bonds is 36. The maximum Gasteiger partial charge on any atom is 0.328 e. The number of fused-ring (bicyclic) bond motifs is 1. The van der Waals surface area contributed by atoms with Crippen molar-refractivity contribution in [1.82, 2.24) is 40.7 Å². The number of likely N-dealkylation sites (N-methyl/N-ethyl adjacent to an activating group) is 3. The van der Waals surface area contributed by atoms with Gasteiger partial charge >= 0.3 is 5.97 Å². The molecule has 0 unspecified atom stereocenters. The van der Waals surface area contributed by atoms with E-state index in [9.17, 15) is 39.1 Å². The van der Waals surface area contributed by atoms with Gasteiger partial charge in [-0.05, 0) is 80.8 Å². The summed E-state index contributed by atoms with van der Waals surface area (Å²) in [5.41, 5.74) is 1.32. The third kappa shape index (κ3) is 21.4. The van der Waals surface area contributed by atoms with E-state index in [1.54, 1.807) is 10.9 Å². The summed E-state index contributed by atoms with van der Waals surface area (Å²) in [5.74, 6) is -5.77. The SMILES string of the molecule is CCCC[C@@H](C)C[C@H](NC(=O)[C@H](Cc1cn(OC)c2ccccc12)N(C)C(=O)[C@H](CC(C)C)NC(=O)[C@H](CC(C)C)N(C)C(=O)[C@H](C[C@H](C)CCCC)NC(=O)[C@H](O)CCC#N)C(=O)N(C)[C@@H](C)C(=O)N[C@H](CCC#N)C(=O)OC. The van der Waals surface area contributed by atoms with E-state index >= 15 is 9.59 Å². The van der Waals surface area contributed by atoms with Gasteiger partial charge < -0.3 is 50.6 Å². The summed E-state index contributed by atoms with van der Waals surface area (Å²) in [6, 6.07) is 2.97. The van der Waals surface area contributed by atoms with Crippen LogP contribution in [0.3, 0.4) is 0 Å². The van der Waals surface area contributed by atoms with Gasteiger partial charge in [0.2, 0.25) is 41.4 Å². The van der Waals surface area contributed by atoms with Gasteiger partial charge in [-0.15, -0.1) is 0 Å². The van der Waals surface area contributed by atoms with Crippen molar-refractivity contribution in [2.24, 2.45) is 23.7 Å². The highest BCUT2D eigenvalue weighted by molar-refractivity contribution is 5.98. The number of aromatic nitrogens is 1. The molecule has 1 aromatic carbocycles. The number of methoxy groups -OCH3 is 1. The molecule has 0 aliphatic heterocycles. The van der Waals surface area contributed by atoms with E-state index in [2.05, 4.69) is 21.3 Å². The molecule has 0 spiro atoms. The summed E-state index contributed by atoms with van der Waals surface area (Å²) in [4.78, 5) is 124. The van der Waals surface area contributed by atoms with Crippen molar-refractivity contribution in [3.63, 3.8) is 0 Å². The molecular formula is C59H94N10O11. The second-order valence-electron chi connectivity index (χ2n) is 22.3. The molecule has 0 saturated heterocycles. The normalized spacial score (nSPS) is 15.0. The number of nitrogens with zero attached hydrogens (tertiary/aromatic N) is 6. The van der Waals surface area contributed by atoms with Gasteiger partial charge in [-0.3, -0.25) is 33.6 Å². The number of esters is 1. The van der Waals surface area contributed by atoms with Gasteiger partial charge in [0.05, 0.1) is 24.8 Å². The molecule has 2 rings (SSSR count). The maximum absolute atomic E-state index is 15.3. The molecule has 446 valence electrons. The molecule has 0 aliphatic rings. The summed E-state index contributed by atoms with van der Waals surface area (Å²) in [6.07, 6.45) is 5.58. The van der Waals surface area contributed by atoms with Gasteiger partial charge in [0.15, 0.2) is 0 Å². The number of hydrogen-bond acceptors (Lipinski definition) is 13. The standard InChI is InChI=1S/C59H94N10O11/c1-15-17-23-39(7)33-46(56(75)66(10)41(9)52(71)62-44(26-21-29-60)59(78)79-13)64-54(73)50(35-42-36-69(80-14)48-27-20-19-25-43(42)48)68(12)57(76)45(31-37(3)4)63-53(72)49(32-38(5)6)67(11)58(77)47(34-40(8)24-18-16-2)65-55(74)51(70)28-22-30-61/h19-20,25,27,36-41,44-47,49-51,70H,15-18,21-24,26,28,31-35H2,1-14H3,(H,62,71)(H,63,72)(H,64,73)(H,65,74)/t39-,40-,41+,44-,45+,46+,47+,49+,50+,51-/m1/s1. The third-order valence-corrected chi connectivity index (χ3v) is 14.7. The Bertz CT molecular complexity index is 2430. The molecule has 0 saturated carbocycles. The van der Waals surface area contributed by atoms with Crippen molar-refractivity contribution in [1.29, 1.82) is 10.5 Å². The molecule has 0 fully saturated rings. The quantitative estimate of drug-likeness (QED) is 0.0539. The highest BCUT2D eigenvalue weighted by Crippen LogP contribution is 2.26. The smallest absolute Gasteiger partial charge is 0.328 e. The number of benzene rings is 1. The lowest BCUT2D eigenvalue weighted by Gasteiger charge is -2.36. The molecule has 7 amide bonds. The van der Waals surface area contributed by atoms with Gasteiger partial charge in [0, 0.05) is 52.0 Å². The Morgan fingerprint density at radius 2 is 1.06 bits per heavy atom. The Labute approximate surface area is 475 Å². The fourth-order valence-electron chi connectivity index (χ4n) is 9.75. The van der Waals surface area contributed by atoms with Crippen LogP contribution in [0.15, 0.2) is 30.5 Å². The first kappa shape index (κ1) is 69.4. The molecule has 0 bridgehead atoms. The topological polar surface area (TPSA) is 286 Å². The Hall–Kier alpha value is -6.74. The predicted molar refractivity (Wildman–Crippen MR) is 304 cm³/mol. The average molecular weight is 1120 g/mol. The number of unbranched alkanes of at least 4 members (excludes halogenated alkanes) is 2. The van der Waals surface area contributed by atoms with E-state index in [0.29, 0.717) is 11.1 Å². The first-order valence-corrected chi connectivity index (χ1v) is 28.5. The Morgan fingerprint density at radius 3 is 1.56 bits per heavy atom. The van der Waals surface area contributed by atoms with Gasteiger partial charge in [-0.25, -0.2) is 4.79 Å². The van der Waals surface area contributed by atoms with Crippen LogP contribution in [-0.2, 0) is 49.5 Å². The average Bonchev–Trinajstić information content (AvgIpc) is 3.79. The van der Waals surface area contributed by atoms with Crippen LogP contribution in [0.25, 0.3) is 10.9 Å². The van der Waals surface area contributed by atoms with Crippen LogP contribution in [0.1, 0.15) is 158 Å². The van der Waals surface area contributed by atoms with Gasteiger partial charge in [0.1, 0.15) is 55.5 Å². The van der Waals surface area contributed by atoms with E-state index in [1.165, 1.54) is 49.9 Å². The van der Waals surface area contributed by atoms with Crippen molar-refractivity contribution >= 4 is 58.2 Å². The fraction of sp³-hybridized carbons (Fsp3) is 0.695. The predicted octanol–water partition coefficient (Wildman–Crippen LogP) is 5.35. The molecule has 5 N–H and O–H groups in total. The molecule has 21 nitrogen and oxygen atoms in total. The zero-order valence-electron chi connectivity index (χ0n) is 50.1. The summed E-state index contributed by atoms with van der Waals surface area (Å²) < 4.78 is 6.39. The molecule has 80 heavy (non-hydrogen) atoms. The Kier molecular flexibility index (Phi) is 30.4. The van der Waals surface area contributed by atoms with Gasteiger partial charge in [-0.1, -0.05) is 112 Å². The van der Waals surface area contributed by atoms with E-state index in [1.807, 2.05) is 91.8 Å². The molecule has 0 radical (unpaired) electrons. The lowest BCUT2D eigenvalue weighted by Crippen LogP contribution is -2.61. The largest absolute Gasteiger partial charge is 0.467 e. The number of aliphatic hydroxyl groups excluding tert-OH is 1. The molecule has 10 atom stereocenters. The molecule has 2 aromatic rings. The number of para-hydroxylation sites is 1. The first-order chi connectivity index (χ1) is 37.8. The van der Waals surface area contributed by atoms with E-state index in [-0.39, 0.29) is 81.5 Å². The molecule has 1 aromatic heterocycles. The number of amides is 7. The van der Waals surface area contributed by atoms with Gasteiger partial charge in [0.25, 0.3) is 0 Å². The monoisotopic (exact) mass is 1120 g/mol. The third-order valence-electron chi connectivity index (χ3n) is 14.7. The molecule has 1 heterocycles. The van der Waals surface area contributed by atoms with Crippen molar-refractivity contribution in [2.75, 3.05) is 35.4 Å². The number of ether oxygens (including phenoxy) is 1. The summed E-state index contributed by atoms with van der Waals surface area (Å²) in [7, 11) is 7.01. The van der Waals surface area contributed by atoms with Crippen molar-refractivity contribution in [3.05, 3.63) is 36.0 Å². The van der Waals surface area contributed by atoms with Gasteiger partial charge in [-0.2, -0.15) is 15.3 Å². The summed E-state index contributed by atoms with van der Waals surface area (Å²) in [6.45, 7) is 17.0. The lowest BCUT2D eigenvalue weighted by atomic mass is 9.94. The number of hydrogen-bond donors (Lipinski definition) is 5. The zero-order chi connectivity index (χ0) is 60.4. The van der Waals surface area contributed by atoms with E-state index in [0.717, 1.165) is 51.0 Å². The molecule has 0 aliphatic carbocycles. The second kappa shape index (κ2) is 35.1. The van der Waals surface area contributed by atoms with E-state index < -0.39 is 95.7 Å². The number of carbonyl (C=O) groups excluding carboxylic acids is 8. The molecule has 21 heteroatoms. The highest BCUT2D eigenvalue weighted by atomic mass is 16.6. The summed E-state index contributed by atoms with van der Waals surface area (Å²) >= 11 is 0. The minimum absolute atomic E-state index is 0.0146. The minimum Gasteiger partial charge on any atom is -0.467 e. The maximum atomic E-state index is 15.3. The van der Waals surface area contributed by atoms with Crippen LogP contribution in [0.4, 0.5) is 0 Å². The van der Waals surface area contributed by atoms with Crippen LogP contribution >= 0.6 is 0 Å². The Balaban J connectivity index is 2.74. The second-order valence-corrected chi connectivity index (χ2v) is 22.3. The van der Waals surface area contributed by atoms with Crippen LogP contribution in [0, 0.1) is 46.3 Å². The Morgan fingerprint density at radius 1 is 0.600 bits per heavy atom. The number of nitrogens with one attached hydrogen (secondary N) is 4. The number of aliphatic hydroxyl groups is 1. The lowest BCUT2D eigenvalue weighted by molar-refractivity contribution is -0.147. The van der Waals surface area contributed by atoms with E-state index in [4.69, 9.17) is 14.8 Å². The first-order valence-electron chi connectivity index (χ1n) is 28.5. The van der Waals surface area contributed by atoms with Crippen molar-refractivity contribution in [3.8, 4) is 12.1 Å². The highest BCUT2D eigenvalue weighted by Gasteiger charge is 2.40. The number of carbonyl (C=O) groups is 8. The number of nitriles is 2. The van der Waals surface area contributed by atoms with Crippen molar-refractivity contribution < 1.29 is 53.0 Å². The van der Waals surface area contributed by atoms with Crippen LogP contribution in [0.2, 0.25) is 0 Å². The van der Waals surface area contributed by atoms with Crippen LogP contribution < -0.4 is 26.1 Å². The summed E-state index contributed by atoms with van der Waals surface area (Å²) in [5, 5.41) is 40.8. The van der Waals surface area contributed by atoms with Crippen LogP contribution in [-0.4, -0.2) is 156 Å². The molecular weight excluding hydrogens is 1020 g/mol. The zero-order valence-corrected chi connectivity index (χ0v) is 50.1. The minimum atomic E-state index is -1.53.